The van der Waals surface area contributed by atoms with Gasteiger partial charge in [-0.15, -0.1) is 0 Å². The van der Waals surface area contributed by atoms with Crippen molar-refractivity contribution in [3.05, 3.63) is 57.5 Å². The highest BCUT2D eigenvalue weighted by Gasteiger charge is 2.43. The number of halogens is 1. The van der Waals surface area contributed by atoms with Crippen LogP contribution in [0.1, 0.15) is 70.2 Å². The Kier molecular flexibility index (Phi) is 6.21. The fourth-order valence-electron chi connectivity index (χ4n) is 4.68. The molecule has 6 heteroatoms. The van der Waals surface area contributed by atoms with Crippen LogP contribution in [0.3, 0.4) is 0 Å². The average Bonchev–Trinajstić information content (AvgIpc) is 2.58. The molecule has 0 amide bonds. The van der Waals surface area contributed by atoms with Crippen LogP contribution in [0.25, 0.3) is 0 Å². The van der Waals surface area contributed by atoms with E-state index in [-0.39, 0.29) is 72.1 Å². The molecule has 0 aliphatic heterocycles. The van der Waals surface area contributed by atoms with Crippen molar-refractivity contribution < 1.29 is 24.6 Å². The molecule has 0 bridgehead atoms. The third kappa shape index (κ3) is 5.09. The minimum absolute atomic E-state index is 0.0799. The van der Waals surface area contributed by atoms with Gasteiger partial charge in [-0.3, -0.25) is 14.4 Å². The molecule has 31 heavy (non-hydrogen) atoms. The van der Waals surface area contributed by atoms with E-state index in [1.54, 1.807) is 24.3 Å². The number of carbonyl (C=O) groups excluding carboxylic acids is 3. The maximum absolute atomic E-state index is 13.1. The molecule has 2 aliphatic rings. The summed E-state index contributed by atoms with van der Waals surface area (Å²) >= 11 is 5.91. The molecule has 3 rings (SSSR count). The highest BCUT2D eigenvalue weighted by Crippen LogP contribution is 2.45. The van der Waals surface area contributed by atoms with E-state index in [2.05, 4.69) is 0 Å². The summed E-state index contributed by atoms with van der Waals surface area (Å²) in [5, 5.41) is 22.1. The third-order valence-corrected chi connectivity index (χ3v) is 6.30. The summed E-state index contributed by atoms with van der Waals surface area (Å²) in [5.41, 5.74) is -0.274. The number of aliphatic hydroxyl groups excluding tert-OH is 2. The Balaban J connectivity index is 2.09. The van der Waals surface area contributed by atoms with Crippen molar-refractivity contribution in [2.75, 3.05) is 0 Å². The van der Waals surface area contributed by atoms with Crippen molar-refractivity contribution in [1.29, 1.82) is 0 Å². The van der Waals surface area contributed by atoms with Crippen LogP contribution in [-0.2, 0) is 9.59 Å². The van der Waals surface area contributed by atoms with Crippen LogP contribution in [0.5, 0.6) is 0 Å². The molecule has 0 unspecified atom stereocenters. The maximum atomic E-state index is 13.1. The van der Waals surface area contributed by atoms with Crippen LogP contribution < -0.4 is 0 Å². The van der Waals surface area contributed by atoms with Crippen LogP contribution in [0.2, 0.25) is 5.02 Å². The number of rotatable bonds is 5. The van der Waals surface area contributed by atoms with Crippen LogP contribution in [0.4, 0.5) is 0 Å². The van der Waals surface area contributed by atoms with Gasteiger partial charge in [-0.05, 0) is 35.1 Å². The molecule has 0 saturated carbocycles. The lowest BCUT2D eigenvalue weighted by Crippen LogP contribution is -2.35. The molecule has 0 radical (unpaired) electrons. The Bertz CT molecular complexity index is 943. The Hall–Kier alpha value is -2.40. The van der Waals surface area contributed by atoms with Gasteiger partial charge < -0.3 is 10.2 Å². The van der Waals surface area contributed by atoms with E-state index in [0.717, 1.165) is 0 Å². The number of aliphatic hydroxyl groups is 2. The summed E-state index contributed by atoms with van der Waals surface area (Å²) in [7, 11) is 0. The van der Waals surface area contributed by atoms with E-state index in [0.29, 0.717) is 10.6 Å². The van der Waals surface area contributed by atoms with Gasteiger partial charge >= 0.3 is 0 Å². The van der Waals surface area contributed by atoms with Crippen molar-refractivity contribution in [2.24, 2.45) is 16.7 Å². The van der Waals surface area contributed by atoms with Crippen LogP contribution >= 0.6 is 11.6 Å². The van der Waals surface area contributed by atoms with Gasteiger partial charge in [0.15, 0.2) is 17.3 Å². The molecule has 0 saturated heterocycles. The van der Waals surface area contributed by atoms with Crippen LogP contribution in [0.15, 0.2) is 46.9 Å². The van der Waals surface area contributed by atoms with Gasteiger partial charge in [0.1, 0.15) is 11.5 Å². The molecule has 0 fully saturated rings. The first-order valence-electron chi connectivity index (χ1n) is 10.5. The van der Waals surface area contributed by atoms with Gasteiger partial charge in [-0.1, -0.05) is 39.3 Å². The summed E-state index contributed by atoms with van der Waals surface area (Å²) in [6, 6.07) is 6.36. The monoisotopic (exact) mass is 444 g/mol. The zero-order chi connectivity index (χ0) is 23.1. The first kappa shape index (κ1) is 23.3. The largest absolute Gasteiger partial charge is 0.512 e. The van der Waals surface area contributed by atoms with Gasteiger partial charge in [-0.25, -0.2) is 0 Å². The number of benzene rings is 1. The molecule has 2 aliphatic carbocycles. The zero-order valence-electron chi connectivity index (χ0n) is 18.4. The van der Waals surface area contributed by atoms with Gasteiger partial charge in [0, 0.05) is 59.8 Å². The smallest absolute Gasteiger partial charge is 0.163 e. The molecule has 0 atom stereocenters. The highest BCUT2D eigenvalue weighted by molar-refractivity contribution is 6.30. The van der Waals surface area contributed by atoms with Gasteiger partial charge in [0.2, 0.25) is 0 Å². The van der Waals surface area contributed by atoms with Gasteiger partial charge in [0.25, 0.3) is 0 Å². The first-order valence-corrected chi connectivity index (χ1v) is 10.9. The van der Waals surface area contributed by atoms with E-state index in [1.807, 2.05) is 27.7 Å². The number of ketones is 3. The molecular weight excluding hydrogens is 416 g/mol. The molecule has 5 nitrogen and oxygen atoms in total. The predicted molar refractivity (Wildman–Crippen MR) is 119 cm³/mol. The lowest BCUT2D eigenvalue weighted by Gasteiger charge is -2.36. The van der Waals surface area contributed by atoms with Crippen molar-refractivity contribution >= 4 is 29.0 Å². The third-order valence-electron chi connectivity index (χ3n) is 6.05. The minimum atomic E-state index is -0.977. The highest BCUT2D eigenvalue weighted by atomic mass is 35.5. The number of Topliss-reactive ketones (excluding diaryl/α,β-unsaturated/α-hetero) is 3. The topological polar surface area (TPSA) is 91.7 Å². The van der Waals surface area contributed by atoms with Crippen LogP contribution in [0, 0.1) is 16.7 Å². The Labute approximate surface area is 187 Å². The zero-order valence-corrected chi connectivity index (χ0v) is 19.2. The SMILES string of the molecule is CC1(C)CC(=O)C(C(CC(=O)c2ccc(Cl)cc2)C2=C(O)CC(C)(C)CC2=O)=C(O)C1. The second-order valence-electron chi connectivity index (χ2n) is 10.3. The molecule has 166 valence electrons. The first-order chi connectivity index (χ1) is 14.3. The fourth-order valence-corrected chi connectivity index (χ4v) is 4.81. The van der Waals surface area contributed by atoms with E-state index >= 15 is 0 Å². The van der Waals surface area contributed by atoms with Crippen LogP contribution in [-0.4, -0.2) is 27.6 Å². The van der Waals surface area contributed by atoms with E-state index < -0.39 is 16.7 Å². The van der Waals surface area contributed by atoms with Crippen molar-refractivity contribution in [2.45, 2.75) is 59.8 Å². The molecule has 1 aromatic carbocycles. The van der Waals surface area contributed by atoms with Gasteiger partial charge in [0.05, 0.1) is 0 Å². The second-order valence-corrected chi connectivity index (χ2v) is 10.7. The molecule has 2 N–H and O–H groups in total. The van der Waals surface area contributed by atoms with Crippen molar-refractivity contribution in [1.82, 2.24) is 0 Å². The van der Waals surface area contributed by atoms with Crippen molar-refractivity contribution in [3.8, 4) is 0 Å². The maximum Gasteiger partial charge on any atom is 0.163 e. The Morgan fingerprint density at radius 1 is 0.871 bits per heavy atom. The fraction of sp³-hybridized carbons (Fsp3) is 0.480. The Morgan fingerprint density at radius 2 is 1.29 bits per heavy atom. The van der Waals surface area contributed by atoms with Gasteiger partial charge in [-0.2, -0.15) is 0 Å². The number of hydrogen-bond donors (Lipinski definition) is 2. The number of carbonyl (C=O) groups is 3. The van der Waals surface area contributed by atoms with Crippen molar-refractivity contribution in [3.63, 3.8) is 0 Å². The lowest BCUT2D eigenvalue weighted by molar-refractivity contribution is -0.119. The molecule has 0 spiro atoms. The minimum Gasteiger partial charge on any atom is -0.512 e. The normalized spacial score (nSPS) is 21.1. The average molecular weight is 445 g/mol. The lowest BCUT2D eigenvalue weighted by atomic mass is 9.67. The summed E-state index contributed by atoms with van der Waals surface area (Å²) < 4.78 is 0. The predicted octanol–water partition coefficient (Wildman–Crippen LogP) is 5.93. The molecule has 0 aromatic heterocycles. The van der Waals surface area contributed by atoms with E-state index in [1.165, 1.54) is 0 Å². The summed E-state index contributed by atoms with van der Waals surface area (Å²) in [4.78, 5) is 39.2. The summed E-state index contributed by atoms with van der Waals surface area (Å²) in [6.45, 7) is 7.54. The van der Waals surface area contributed by atoms with E-state index in [4.69, 9.17) is 11.6 Å². The molecule has 0 heterocycles. The summed E-state index contributed by atoms with van der Waals surface area (Å²) in [6.07, 6.45) is 0.747. The second kappa shape index (κ2) is 8.27. The quantitative estimate of drug-likeness (QED) is 0.549. The molecular formula is C25H29ClO5. The molecule has 1 aromatic rings. The Morgan fingerprint density at radius 3 is 1.68 bits per heavy atom. The van der Waals surface area contributed by atoms with E-state index in [9.17, 15) is 24.6 Å². The number of allylic oxidation sites excluding steroid dienone is 4. The number of hydrogen-bond acceptors (Lipinski definition) is 5. The standard InChI is InChI=1S/C25H29ClO5/c1-24(2)10-18(28)22(19(29)11-24)16(9-17(27)14-5-7-15(26)8-6-14)23-20(30)12-25(3,4)13-21(23)31/h5-8,16,28,30H,9-13H2,1-4H3. The summed E-state index contributed by atoms with van der Waals surface area (Å²) in [5.74, 6) is -2.06.